The number of carbonyl (C=O) groups excluding carboxylic acids is 2. The van der Waals surface area contributed by atoms with Crippen molar-refractivity contribution in [2.75, 3.05) is 13.1 Å². The Morgan fingerprint density at radius 1 is 1.14 bits per heavy atom. The van der Waals surface area contributed by atoms with Crippen molar-refractivity contribution in [3.63, 3.8) is 0 Å². The molecule has 1 saturated heterocycles. The summed E-state index contributed by atoms with van der Waals surface area (Å²) in [5, 5.41) is 11.6. The van der Waals surface area contributed by atoms with Gasteiger partial charge in [-0.25, -0.2) is 4.79 Å². The molecule has 0 radical (unpaired) electrons. The fourth-order valence-electron chi connectivity index (χ4n) is 3.66. The Labute approximate surface area is 161 Å². The summed E-state index contributed by atoms with van der Waals surface area (Å²) in [4.78, 5) is 49.9. The molecule has 9 heteroatoms. The molecule has 0 saturated carbocycles. The van der Waals surface area contributed by atoms with Gasteiger partial charge in [-0.05, 0) is 18.6 Å². The van der Waals surface area contributed by atoms with Gasteiger partial charge in [0.2, 0.25) is 11.8 Å². The van der Waals surface area contributed by atoms with Gasteiger partial charge in [-0.2, -0.15) is 0 Å². The van der Waals surface area contributed by atoms with Crippen LogP contribution in [-0.4, -0.2) is 56.1 Å². The van der Waals surface area contributed by atoms with Gasteiger partial charge in [0.15, 0.2) is 0 Å². The van der Waals surface area contributed by atoms with E-state index in [-0.39, 0.29) is 37.7 Å². The Bertz CT molecular complexity index is 961. The van der Waals surface area contributed by atoms with Crippen molar-refractivity contribution in [3.05, 3.63) is 34.7 Å². The van der Waals surface area contributed by atoms with Gasteiger partial charge in [-0.3, -0.25) is 23.5 Å². The molecule has 1 aliphatic rings. The number of imidazole rings is 1. The van der Waals surface area contributed by atoms with E-state index < -0.39 is 24.3 Å². The maximum atomic E-state index is 12.8. The van der Waals surface area contributed by atoms with Crippen LogP contribution < -0.4 is 11.0 Å². The number of nitrogens with one attached hydrogen (secondary N) is 1. The van der Waals surface area contributed by atoms with Crippen LogP contribution in [0.2, 0.25) is 0 Å². The molecule has 1 aliphatic heterocycles. The number of hydrogen-bond donors (Lipinski definition) is 2. The van der Waals surface area contributed by atoms with Gasteiger partial charge in [0.25, 0.3) is 0 Å². The molecule has 150 valence electrons. The SMILES string of the molecule is CCCn1c(=O)n(CCC(=O)N2CCNC(=O)[C@@H]2CC(=O)O)c2ccccc21. The van der Waals surface area contributed by atoms with E-state index in [0.717, 1.165) is 17.5 Å². The largest absolute Gasteiger partial charge is 0.481 e. The van der Waals surface area contributed by atoms with E-state index in [9.17, 15) is 19.2 Å². The Hall–Kier alpha value is -3.10. The maximum Gasteiger partial charge on any atom is 0.329 e. The van der Waals surface area contributed by atoms with Gasteiger partial charge in [0.05, 0.1) is 17.5 Å². The lowest BCUT2D eigenvalue weighted by Crippen LogP contribution is -2.57. The Morgan fingerprint density at radius 3 is 2.39 bits per heavy atom. The normalized spacial score (nSPS) is 17.0. The highest BCUT2D eigenvalue weighted by molar-refractivity contribution is 5.91. The summed E-state index contributed by atoms with van der Waals surface area (Å²) in [5.41, 5.74) is 1.41. The molecule has 28 heavy (non-hydrogen) atoms. The highest BCUT2D eigenvalue weighted by Gasteiger charge is 2.34. The first-order valence-corrected chi connectivity index (χ1v) is 9.41. The van der Waals surface area contributed by atoms with Crippen LogP contribution in [0.15, 0.2) is 29.1 Å². The maximum absolute atomic E-state index is 12.8. The number of aliphatic carboxylic acids is 1. The minimum absolute atomic E-state index is 0.0173. The first-order valence-electron chi connectivity index (χ1n) is 9.41. The Balaban J connectivity index is 1.81. The summed E-state index contributed by atoms with van der Waals surface area (Å²) in [5.74, 6) is -1.93. The molecule has 9 nitrogen and oxygen atoms in total. The number of amides is 2. The lowest BCUT2D eigenvalue weighted by molar-refractivity contribution is -0.148. The van der Waals surface area contributed by atoms with Crippen molar-refractivity contribution in [2.24, 2.45) is 0 Å². The van der Waals surface area contributed by atoms with Gasteiger partial charge in [-0.15, -0.1) is 0 Å². The van der Waals surface area contributed by atoms with Crippen molar-refractivity contribution in [1.82, 2.24) is 19.4 Å². The Morgan fingerprint density at radius 2 is 1.79 bits per heavy atom. The van der Waals surface area contributed by atoms with E-state index in [1.165, 1.54) is 4.90 Å². The number of para-hydroxylation sites is 2. The molecule has 1 aromatic heterocycles. The number of benzene rings is 1. The summed E-state index contributed by atoms with van der Waals surface area (Å²) in [7, 11) is 0. The van der Waals surface area contributed by atoms with Crippen LogP contribution in [0, 0.1) is 0 Å². The molecular weight excluding hydrogens is 364 g/mol. The third-order valence-electron chi connectivity index (χ3n) is 4.94. The van der Waals surface area contributed by atoms with Crippen LogP contribution in [0.1, 0.15) is 26.2 Å². The zero-order chi connectivity index (χ0) is 20.3. The quantitative estimate of drug-likeness (QED) is 0.713. The molecule has 2 aromatic rings. The third kappa shape index (κ3) is 3.78. The highest BCUT2D eigenvalue weighted by Crippen LogP contribution is 2.15. The number of carboxylic acid groups (broad SMARTS) is 1. The fraction of sp³-hybridized carbons (Fsp3) is 0.474. The van der Waals surface area contributed by atoms with Crippen molar-refractivity contribution in [2.45, 2.75) is 45.3 Å². The summed E-state index contributed by atoms with van der Waals surface area (Å²) < 4.78 is 3.26. The molecule has 0 aliphatic carbocycles. The van der Waals surface area contributed by atoms with Crippen molar-refractivity contribution in [3.8, 4) is 0 Å². The number of carbonyl (C=O) groups is 3. The number of carboxylic acids is 1. The van der Waals surface area contributed by atoms with Gasteiger partial charge >= 0.3 is 11.7 Å². The lowest BCUT2D eigenvalue weighted by atomic mass is 10.1. The van der Waals surface area contributed by atoms with E-state index in [2.05, 4.69) is 5.32 Å². The molecule has 0 spiro atoms. The molecule has 3 rings (SSSR count). The first-order chi connectivity index (χ1) is 13.4. The van der Waals surface area contributed by atoms with E-state index >= 15 is 0 Å². The van der Waals surface area contributed by atoms with Crippen LogP contribution >= 0.6 is 0 Å². The number of piperazine rings is 1. The minimum atomic E-state index is -1.14. The monoisotopic (exact) mass is 388 g/mol. The zero-order valence-electron chi connectivity index (χ0n) is 15.8. The first kappa shape index (κ1) is 19.7. The second-order valence-corrected chi connectivity index (χ2v) is 6.82. The van der Waals surface area contributed by atoms with Crippen molar-refractivity contribution in [1.29, 1.82) is 0 Å². The van der Waals surface area contributed by atoms with Gasteiger partial charge in [0, 0.05) is 32.6 Å². The summed E-state index contributed by atoms with van der Waals surface area (Å²) in [6.45, 7) is 3.30. The topological polar surface area (TPSA) is 114 Å². The van der Waals surface area contributed by atoms with Crippen molar-refractivity contribution >= 4 is 28.8 Å². The van der Waals surface area contributed by atoms with Crippen LogP contribution in [0.3, 0.4) is 0 Å². The van der Waals surface area contributed by atoms with Crippen molar-refractivity contribution < 1.29 is 19.5 Å². The standard InChI is InChI=1S/C19H24N4O5/c1-2-9-22-13-5-3-4-6-14(13)23(19(22)28)10-7-16(24)21-11-8-20-18(27)15(21)12-17(25)26/h3-6,15H,2,7-12H2,1H3,(H,20,27)(H,25,26)/t15-/m0/s1. The number of aromatic nitrogens is 2. The minimum Gasteiger partial charge on any atom is -0.481 e. The molecular formula is C19H24N4O5. The van der Waals surface area contributed by atoms with Gasteiger partial charge in [-0.1, -0.05) is 19.1 Å². The van der Waals surface area contributed by atoms with Crippen LogP contribution in [0.4, 0.5) is 0 Å². The second-order valence-electron chi connectivity index (χ2n) is 6.82. The average molecular weight is 388 g/mol. The molecule has 2 N–H and O–H groups in total. The molecule has 1 atom stereocenters. The molecule has 0 unspecified atom stereocenters. The van der Waals surface area contributed by atoms with E-state index in [0.29, 0.717) is 6.54 Å². The van der Waals surface area contributed by atoms with Crippen LogP contribution in [0.5, 0.6) is 0 Å². The third-order valence-corrected chi connectivity index (χ3v) is 4.94. The molecule has 2 amide bonds. The van der Waals surface area contributed by atoms with Crippen LogP contribution in [-0.2, 0) is 27.5 Å². The van der Waals surface area contributed by atoms with E-state index in [1.807, 2.05) is 31.2 Å². The summed E-state index contributed by atoms with van der Waals surface area (Å²) in [6, 6.07) is 6.41. The predicted octanol–water partition coefficient (Wildman–Crippen LogP) is 0.405. The number of rotatable bonds is 7. The number of nitrogens with zero attached hydrogens (tertiary/aromatic N) is 3. The van der Waals surface area contributed by atoms with E-state index in [1.54, 1.807) is 9.13 Å². The smallest absolute Gasteiger partial charge is 0.329 e. The van der Waals surface area contributed by atoms with Crippen LogP contribution in [0.25, 0.3) is 11.0 Å². The average Bonchev–Trinajstić information content (AvgIpc) is 2.93. The zero-order valence-corrected chi connectivity index (χ0v) is 15.8. The molecule has 1 aromatic carbocycles. The Kier molecular flexibility index (Phi) is 5.81. The fourth-order valence-corrected chi connectivity index (χ4v) is 3.66. The van der Waals surface area contributed by atoms with E-state index in [4.69, 9.17) is 5.11 Å². The predicted molar refractivity (Wildman–Crippen MR) is 102 cm³/mol. The summed E-state index contributed by atoms with van der Waals surface area (Å²) in [6.07, 6.45) is 0.392. The molecule has 1 fully saturated rings. The van der Waals surface area contributed by atoms with Gasteiger partial charge < -0.3 is 15.3 Å². The lowest BCUT2D eigenvalue weighted by Gasteiger charge is -2.34. The molecule has 0 bridgehead atoms. The highest BCUT2D eigenvalue weighted by atomic mass is 16.4. The number of hydrogen-bond acceptors (Lipinski definition) is 4. The second kappa shape index (κ2) is 8.28. The number of fused-ring (bicyclic) bond motifs is 1. The number of aryl methyl sites for hydroxylation is 2. The molecule has 2 heterocycles. The van der Waals surface area contributed by atoms with Gasteiger partial charge in [0.1, 0.15) is 6.04 Å². The summed E-state index contributed by atoms with van der Waals surface area (Å²) >= 11 is 0.